The summed E-state index contributed by atoms with van der Waals surface area (Å²) in [6, 6.07) is 0. The van der Waals surface area contributed by atoms with Gasteiger partial charge >= 0.3 is 0 Å². The minimum Gasteiger partial charge on any atom is -0.0961 e. The summed E-state index contributed by atoms with van der Waals surface area (Å²) >= 11 is 0. The number of nitrogens with zero attached hydrogens (tertiary/aromatic N) is 2. The molecular formula is C10H6N2+2. The van der Waals surface area contributed by atoms with Crippen molar-refractivity contribution in [2.24, 2.45) is 9.98 Å². The Bertz CT molecular complexity index is 316. The van der Waals surface area contributed by atoms with Crippen LogP contribution in [0.25, 0.3) is 0 Å². The Morgan fingerprint density at radius 1 is 0.833 bits per heavy atom. The fourth-order valence-corrected chi connectivity index (χ4v) is 0.953. The summed E-state index contributed by atoms with van der Waals surface area (Å²) < 4.78 is 0. The largest absolute Gasteiger partial charge is 0.263 e. The molecule has 0 saturated heterocycles. The van der Waals surface area contributed by atoms with Gasteiger partial charge in [0.15, 0.2) is 12.4 Å². The van der Waals surface area contributed by atoms with Gasteiger partial charge in [-0.05, 0) is 0 Å². The molecule has 2 rings (SSSR count). The van der Waals surface area contributed by atoms with E-state index in [1.165, 1.54) is 0 Å². The fourth-order valence-electron chi connectivity index (χ4n) is 0.953. The van der Waals surface area contributed by atoms with Crippen molar-refractivity contribution in [2.75, 3.05) is 0 Å². The minimum absolute atomic E-state index is 0.922. The third kappa shape index (κ3) is 1.25. The van der Waals surface area contributed by atoms with Crippen LogP contribution in [0.1, 0.15) is 0 Å². The van der Waals surface area contributed by atoms with E-state index in [9.17, 15) is 0 Å². The Morgan fingerprint density at radius 2 is 1.33 bits per heavy atom. The van der Waals surface area contributed by atoms with Crippen molar-refractivity contribution in [3.05, 3.63) is 47.9 Å². The van der Waals surface area contributed by atoms with Gasteiger partial charge in [0, 0.05) is 0 Å². The Hall–Kier alpha value is -1.88. The first-order valence-corrected chi connectivity index (χ1v) is 3.62. The molecule has 0 bridgehead atoms. The molecule has 0 radical (unpaired) electrons. The van der Waals surface area contributed by atoms with Crippen molar-refractivity contribution in [1.82, 2.24) is 0 Å². The summed E-state index contributed by atoms with van der Waals surface area (Å²) in [5, 5.41) is 0. The van der Waals surface area contributed by atoms with E-state index in [1.807, 2.05) is 24.3 Å². The van der Waals surface area contributed by atoms with Crippen molar-refractivity contribution >= 4 is 12.4 Å². The molecule has 12 heavy (non-hydrogen) atoms. The Morgan fingerprint density at radius 3 is 1.67 bits per heavy atom. The lowest BCUT2D eigenvalue weighted by atomic mass is 10.1. The molecule has 0 fully saturated rings. The zero-order chi connectivity index (χ0) is 8.23. The second kappa shape index (κ2) is 3.02. The molecule has 0 amide bonds. The summed E-state index contributed by atoms with van der Waals surface area (Å²) in [5.41, 5.74) is 1.84. The molecule has 2 heteroatoms. The highest BCUT2D eigenvalue weighted by molar-refractivity contribution is 5.77. The van der Waals surface area contributed by atoms with E-state index in [-0.39, 0.29) is 0 Å². The van der Waals surface area contributed by atoms with E-state index in [0.717, 1.165) is 11.1 Å². The van der Waals surface area contributed by atoms with Crippen LogP contribution < -0.4 is 0 Å². The van der Waals surface area contributed by atoms with E-state index < -0.39 is 0 Å². The summed E-state index contributed by atoms with van der Waals surface area (Å²) in [4.78, 5) is 7.78. The molecule has 0 spiro atoms. The van der Waals surface area contributed by atoms with Gasteiger partial charge in [0.2, 0.25) is 0 Å². The molecule has 2 heterocycles. The van der Waals surface area contributed by atoms with E-state index >= 15 is 0 Å². The Kier molecular flexibility index (Phi) is 1.71. The first-order valence-electron chi connectivity index (χ1n) is 3.62. The van der Waals surface area contributed by atoms with Crippen molar-refractivity contribution in [3.63, 3.8) is 0 Å². The standard InChI is InChI=1S/C10H6N2/c1-3-9(7-11-5-1)10-4-2-6-12-8-10/h1-6H/q+2. The monoisotopic (exact) mass is 154 g/mol. The van der Waals surface area contributed by atoms with Crippen LogP contribution in [0, 0.1) is 12.4 Å². The Labute approximate surface area is 71.0 Å². The van der Waals surface area contributed by atoms with Crippen molar-refractivity contribution in [2.45, 2.75) is 0 Å². The van der Waals surface area contributed by atoms with Crippen LogP contribution in [-0.4, -0.2) is 12.4 Å². The maximum atomic E-state index is 3.89. The molecular weight excluding hydrogens is 148 g/mol. The van der Waals surface area contributed by atoms with Gasteiger partial charge in [-0.15, -0.1) is 0 Å². The van der Waals surface area contributed by atoms with Crippen LogP contribution in [0.15, 0.2) is 45.4 Å². The maximum Gasteiger partial charge on any atom is 0.263 e. The average Bonchev–Trinajstić information content (AvgIpc) is 2.21. The highest BCUT2D eigenvalue weighted by Gasteiger charge is 2.20. The molecule has 54 valence electrons. The van der Waals surface area contributed by atoms with Crippen molar-refractivity contribution < 1.29 is 0 Å². The molecule has 0 N–H and O–H groups in total. The van der Waals surface area contributed by atoms with Crippen LogP contribution in [0.5, 0.6) is 0 Å². The highest BCUT2D eigenvalue weighted by atomic mass is 14.7. The molecule has 2 aliphatic heterocycles. The summed E-state index contributed by atoms with van der Waals surface area (Å²) in [6.07, 6.45) is 16.7. The average molecular weight is 154 g/mol. The highest BCUT2D eigenvalue weighted by Crippen LogP contribution is 2.15. The first-order chi connectivity index (χ1) is 5.97. The number of rotatable bonds is 1. The lowest BCUT2D eigenvalue weighted by molar-refractivity contribution is 1.33. The number of hydrogen-bond donors (Lipinski definition) is 0. The van der Waals surface area contributed by atoms with E-state index in [2.05, 4.69) is 22.4 Å². The van der Waals surface area contributed by atoms with Gasteiger partial charge in [-0.2, -0.15) is 0 Å². The maximum absolute atomic E-state index is 3.89. The van der Waals surface area contributed by atoms with Gasteiger partial charge in [0.25, 0.3) is 11.1 Å². The van der Waals surface area contributed by atoms with Crippen LogP contribution in [0.3, 0.4) is 0 Å². The van der Waals surface area contributed by atoms with Crippen LogP contribution >= 0.6 is 0 Å². The third-order valence-corrected chi connectivity index (χ3v) is 1.51. The lowest BCUT2D eigenvalue weighted by Gasteiger charge is -1.85. The summed E-state index contributed by atoms with van der Waals surface area (Å²) in [6.45, 7) is 0. The zero-order valence-electron chi connectivity index (χ0n) is 6.36. The predicted molar refractivity (Wildman–Crippen MR) is 48.8 cm³/mol. The molecule has 0 aromatic carbocycles. The molecule has 0 unspecified atom stereocenters. The molecule has 0 aromatic heterocycles. The molecule has 0 atom stereocenters. The lowest BCUT2D eigenvalue weighted by Crippen LogP contribution is -1.90. The van der Waals surface area contributed by atoms with Crippen LogP contribution in [-0.2, 0) is 0 Å². The second-order valence-electron chi connectivity index (χ2n) is 2.33. The van der Waals surface area contributed by atoms with Gasteiger partial charge in [-0.1, -0.05) is 9.98 Å². The SMILES string of the molecule is [C+]1=C(C2=[C+]N=CC=C2)C=CC=N1. The second-order valence-corrected chi connectivity index (χ2v) is 2.33. The molecule has 2 nitrogen and oxygen atoms in total. The third-order valence-electron chi connectivity index (χ3n) is 1.51. The molecule has 0 saturated carbocycles. The smallest absolute Gasteiger partial charge is 0.0961 e. The van der Waals surface area contributed by atoms with Gasteiger partial charge in [0.1, 0.15) is 12.4 Å². The first kappa shape index (κ1) is 6.81. The van der Waals surface area contributed by atoms with E-state index in [1.54, 1.807) is 12.4 Å². The van der Waals surface area contributed by atoms with E-state index in [0.29, 0.717) is 0 Å². The number of hydrogen-bond acceptors (Lipinski definition) is 2. The normalized spacial score (nSPS) is 18.0. The van der Waals surface area contributed by atoms with Crippen LogP contribution in [0.4, 0.5) is 0 Å². The molecule has 0 aliphatic carbocycles. The topological polar surface area (TPSA) is 24.7 Å². The molecule has 0 aromatic rings. The predicted octanol–water partition coefficient (Wildman–Crippen LogP) is 1.64. The van der Waals surface area contributed by atoms with Crippen molar-refractivity contribution in [3.8, 4) is 0 Å². The summed E-state index contributed by atoms with van der Waals surface area (Å²) in [5.74, 6) is 0. The fraction of sp³-hybridized carbons (Fsp3) is 0. The number of aliphatic imine (C=N–C) groups is 2. The van der Waals surface area contributed by atoms with E-state index in [4.69, 9.17) is 0 Å². The Balaban J connectivity index is 2.31. The van der Waals surface area contributed by atoms with Gasteiger partial charge in [-0.25, -0.2) is 0 Å². The van der Waals surface area contributed by atoms with Gasteiger partial charge < -0.3 is 0 Å². The minimum atomic E-state index is 0.922. The van der Waals surface area contributed by atoms with Gasteiger partial charge in [-0.3, -0.25) is 0 Å². The quantitative estimate of drug-likeness (QED) is 0.513. The summed E-state index contributed by atoms with van der Waals surface area (Å²) in [7, 11) is 0. The van der Waals surface area contributed by atoms with Crippen molar-refractivity contribution in [1.29, 1.82) is 0 Å². The van der Waals surface area contributed by atoms with Gasteiger partial charge in [0.05, 0.1) is 24.3 Å². The van der Waals surface area contributed by atoms with Crippen LogP contribution in [0.2, 0.25) is 0 Å². The zero-order valence-corrected chi connectivity index (χ0v) is 6.36. The molecule has 2 aliphatic rings. The number of allylic oxidation sites excluding steroid dienone is 6.